The second kappa shape index (κ2) is 7.27. The van der Waals surface area contributed by atoms with Crippen molar-refractivity contribution in [1.82, 2.24) is 15.0 Å². The van der Waals surface area contributed by atoms with Gasteiger partial charge in [0.25, 0.3) is 0 Å². The summed E-state index contributed by atoms with van der Waals surface area (Å²) in [4.78, 5) is 24.2. The number of aromatic amines is 1. The van der Waals surface area contributed by atoms with E-state index in [-0.39, 0.29) is 6.79 Å². The van der Waals surface area contributed by atoms with Gasteiger partial charge in [0.15, 0.2) is 11.5 Å². The second-order valence-electron chi connectivity index (χ2n) is 7.15. The molecular formula is C21H21N3O5. The number of fused-ring (bicyclic) bond motifs is 2. The molecule has 1 aromatic carbocycles. The van der Waals surface area contributed by atoms with Crippen LogP contribution in [0.15, 0.2) is 24.7 Å². The van der Waals surface area contributed by atoms with Gasteiger partial charge in [0.2, 0.25) is 6.79 Å². The van der Waals surface area contributed by atoms with Crippen LogP contribution in [0.2, 0.25) is 0 Å². The van der Waals surface area contributed by atoms with Crippen molar-refractivity contribution in [2.45, 2.75) is 26.2 Å². The van der Waals surface area contributed by atoms with E-state index < -0.39 is 5.97 Å². The molecule has 3 heterocycles. The number of carbonyl (C=O) groups is 1. The van der Waals surface area contributed by atoms with E-state index in [1.807, 2.05) is 12.1 Å². The summed E-state index contributed by atoms with van der Waals surface area (Å²) in [5.74, 6) is 2.05. The molecule has 0 radical (unpaired) electrons. The normalized spacial score (nSPS) is 15.3. The maximum atomic E-state index is 12.3. The van der Waals surface area contributed by atoms with E-state index in [1.54, 1.807) is 13.1 Å². The first kappa shape index (κ1) is 17.8. The van der Waals surface area contributed by atoms with Gasteiger partial charge in [0.05, 0.1) is 24.3 Å². The predicted octanol–water partition coefficient (Wildman–Crippen LogP) is 3.71. The van der Waals surface area contributed by atoms with Gasteiger partial charge in [0.1, 0.15) is 28.9 Å². The highest BCUT2D eigenvalue weighted by molar-refractivity contribution is 6.06. The fourth-order valence-corrected chi connectivity index (χ4v) is 3.66. The molecule has 29 heavy (non-hydrogen) atoms. The SMILES string of the molecule is CCOC(=O)c1c[nH]c2c(-c3c(OCC4CCC4)ccc4c3OCO4)ncnc12. The van der Waals surface area contributed by atoms with Crippen molar-refractivity contribution < 1.29 is 23.7 Å². The van der Waals surface area contributed by atoms with E-state index in [1.165, 1.54) is 25.6 Å². The van der Waals surface area contributed by atoms with Crippen molar-refractivity contribution in [2.75, 3.05) is 20.0 Å². The van der Waals surface area contributed by atoms with Crippen LogP contribution in [0.1, 0.15) is 36.5 Å². The number of hydrogen-bond acceptors (Lipinski definition) is 7. The third kappa shape index (κ3) is 3.04. The first-order valence-electron chi connectivity index (χ1n) is 9.81. The number of nitrogens with zero attached hydrogens (tertiary/aromatic N) is 2. The molecule has 0 atom stereocenters. The molecule has 1 saturated carbocycles. The molecule has 3 aromatic rings. The van der Waals surface area contributed by atoms with Crippen molar-refractivity contribution in [2.24, 2.45) is 5.92 Å². The molecular weight excluding hydrogens is 374 g/mol. The van der Waals surface area contributed by atoms with Crippen LogP contribution in [0.25, 0.3) is 22.3 Å². The Morgan fingerprint density at radius 2 is 2.17 bits per heavy atom. The van der Waals surface area contributed by atoms with Crippen LogP contribution in [0.5, 0.6) is 17.2 Å². The molecule has 1 fully saturated rings. The first-order valence-corrected chi connectivity index (χ1v) is 9.81. The number of H-pyrrole nitrogens is 1. The number of carbonyl (C=O) groups excluding carboxylic acids is 1. The number of nitrogens with one attached hydrogen (secondary N) is 1. The van der Waals surface area contributed by atoms with Crippen molar-refractivity contribution >= 4 is 17.0 Å². The summed E-state index contributed by atoms with van der Waals surface area (Å²) < 4.78 is 22.6. The highest BCUT2D eigenvalue weighted by Gasteiger charge is 2.28. The standard InChI is InChI=1S/C21H21N3O5/c1-2-26-21(25)13-8-22-19-17(13)23-10-24-18(19)16-14(27-9-12-4-3-5-12)6-7-15-20(16)29-11-28-15/h6-8,10,12,22H,2-5,9,11H2,1H3. The molecule has 2 aliphatic rings. The van der Waals surface area contributed by atoms with Crippen LogP contribution >= 0.6 is 0 Å². The highest BCUT2D eigenvalue weighted by atomic mass is 16.7. The van der Waals surface area contributed by atoms with Crippen molar-refractivity contribution in [3.63, 3.8) is 0 Å². The van der Waals surface area contributed by atoms with Crippen LogP contribution in [0, 0.1) is 5.92 Å². The maximum Gasteiger partial charge on any atom is 0.341 e. The van der Waals surface area contributed by atoms with Gasteiger partial charge in [0, 0.05) is 6.20 Å². The maximum absolute atomic E-state index is 12.3. The average Bonchev–Trinajstić information content (AvgIpc) is 3.33. The predicted molar refractivity (Wildman–Crippen MR) is 104 cm³/mol. The van der Waals surface area contributed by atoms with Gasteiger partial charge in [-0.1, -0.05) is 6.42 Å². The molecule has 0 spiro atoms. The van der Waals surface area contributed by atoms with Gasteiger partial charge >= 0.3 is 5.97 Å². The molecule has 2 aromatic heterocycles. The number of ether oxygens (including phenoxy) is 4. The minimum Gasteiger partial charge on any atom is -0.492 e. The lowest BCUT2D eigenvalue weighted by molar-refractivity contribution is 0.0528. The molecule has 0 bridgehead atoms. The van der Waals surface area contributed by atoms with Crippen molar-refractivity contribution in [1.29, 1.82) is 0 Å². The topological polar surface area (TPSA) is 95.6 Å². The van der Waals surface area contributed by atoms with Crippen LogP contribution in [-0.4, -0.2) is 40.9 Å². The lowest BCUT2D eigenvalue weighted by atomic mass is 9.86. The molecule has 0 amide bonds. The molecule has 8 heteroatoms. The quantitative estimate of drug-likeness (QED) is 0.636. The van der Waals surface area contributed by atoms with Crippen molar-refractivity contribution in [3.8, 4) is 28.5 Å². The Bertz CT molecular complexity index is 1070. The summed E-state index contributed by atoms with van der Waals surface area (Å²) in [6.07, 6.45) is 6.66. The largest absolute Gasteiger partial charge is 0.492 e. The molecule has 1 aliphatic heterocycles. The lowest BCUT2D eigenvalue weighted by Gasteiger charge is -2.25. The Morgan fingerprint density at radius 1 is 1.28 bits per heavy atom. The fourth-order valence-electron chi connectivity index (χ4n) is 3.66. The molecule has 0 saturated heterocycles. The van der Waals surface area contributed by atoms with Gasteiger partial charge in [-0.3, -0.25) is 0 Å². The minimum atomic E-state index is -0.428. The summed E-state index contributed by atoms with van der Waals surface area (Å²) in [6, 6.07) is 3.73. The minimum absolute atomic E-state index is 0.140. The van der Waals surface area contributed by atoms with Crippen molar-refractivity contribution in [3.05, 3.63) is 30.2 Å². The van der Waals surface area contributed by atoms with Crippen LogP contribution < -0.4 is 14.2 Å². The van der Waals surface area contributed by atoms with Crippen LogP contribution in [0.4, 0.5) is 0 Å². The summed E-state index contributed by atoms with van der Waals surface area (Å²) in [5, 5.41) is 0. The number of aromatic nitrogens is 3. The summed E-state index contributed by atoms with van der Waals surface area (Å²) in [7, 11) is 0. The zero-order valence-electron chi connectivity index (χ0n) is 16.1. The summed E-state index contributed by atoms with van der Waals surface area (Å²) >= 11 is 0. The second-order valence-corrected chi connectivity index (χ2v) is 7.15. The van der Waals surface area contributed by atoms with E-state index >= 15 is 0 Å². The molecule has 150 valence electrons. The van der Waals surface area contributed by atoms with Gasteiger partial charge in [-0.25, -0.2) is 14.8 Å². The molecule has 0 unspecified atom stereocenters. The van der Waals surface area contributed by atoms with Gasteiger partial charge in [-0.2, -0.15) is 0 Å². The van der Waals surface area contributed by atoms with Crippen LogP contribution in [0.3, 0.4) is 0 Å². The Labute approximate surface area is 167 Å². The van der Waals surface area contributed by atoms with E-state index in [9.17, 15) is 4.79 Å². The summed E-state index contributed by atoms with van der Waals surface area (Å²) in [6.45, 7) is 2.85. The number of hydrogen-bond donors (Lipinski definition) is 1. The van der Waals surface area contributed by atoms with Gasteiger partial charge in [-0.05, 0) is 37.8 Å². The Morgan fingerprint density at radius 3 is 2.97 bits per heavy atom. The smallest absolute Gasteiger partial charge is 0.341 e. The highest BCUT2D eigenvalue weighted by Crippen LogP contribution is 2.48. The molecule has 1 N–H and O–H groups in total. The van der Waals surface area contributed by atoms with Gasteiger partial charge < -0.3 is 23.9 Å². The number of rotatable bonds is 6. The third-order valence-corrected chi connectivity index (χ3v) is 5.40. The third-order valence-electron chi connectivity index (χ3n) is 5.40. The number of esters is 1. The van der Waals surface area contributed by atoms with E-state index in [0.717, 1.165) is 0 Å². The Hall–Kier alpha value is -3.29. The van der Waals surface area contributed by atoms with Gasteiger partial charge in [-0.15, -0.1) is 0 Å². The van der Waals surface area contributed by atoms with E-state index in [2.05, 4.69) is 15.0 Å². The monoisotopic (exact) mass is 395 g/mol. The average molecular weight is 395 g/mol. The fraction of sp³-hybridized carbons (Fsp3) is 0.381. The van der Waals surface area contributed by atoms with Crippen LogP contribution in [-0.2, 0) is 4.74 Å². The Kier molecular flexibility index (Phi) is 4.46. The zero-order chi connectivity index (χ0) is 19.8. The first-order chi connectivity index (χ1) is 14.3. The van der Waals surface area contributed by atoms with E-state index in [0.29, 0.717) is 64.2 Å². The lowest BCUT2D eigenvalue weighted by Crippen LogP contribution is -2.19. The number of benzene rings is 1. The zero-order valence-corrected chi connectivity index (χ0v) is 16.1. The Balaban J connectivity index is 1.62. The molecule has 5 rings (SSSR count). The summed E-state index contributed by atoms with van der Waals surface area (Å²) in [5.41, 5.74) is 2.77. The molecule has 8 nitrogen and oxygen atoms in total. The van der Waals surface area contributed by atoms with E-state index in [4.69, 9.17) is 18.9 Å². The molecule has 1 aliphatic carbocycles.